The van der Waals surface area contributed by atoms with Crippen molar-refractivity contribution in [2.75, 3.05) is 19.3 Å². The molecule has 0 aromatic heterocycles. The Morgan fingerprint density at radius 1 is 1.38 bits per heavy atom. The van der Waals surface area contributed by atoms with E-state index in [9.17, 15) is 4.79 Å². The Morgan fingerprint density at radius 2 is 2.05 bits per heavy atom. The summed E-state index contributed by atoms with van der Waals surface area (Å²) in [5.74, 6) is 0.599. The molecular formula is C16H22BrN3O. The summed E-state index contributed by atoms with van der Waals surface area (Å²) in [6, 6.07) is 6.75. The second-order valence-electron chi connectivity index (χ2n) is 6.33. The maximum atomic E-state index is 12.2. The van der Waals surface area contributed by atoms with Crippen LogP contribution >= 0.6 is 15.9 Å². The average Bonchev–Trinajstić information content (AvgIpc) is 2.69. The molecule has 3 N–H and O–H groups in total. The molecule has 1 amide bonds. The SMILES string of the molecule is CN1C2CCC1CC(CNC(=O)c1ccc(N)c(Br)c1)C2. The summed E-state index contributed by atoms with van der Waals surface area (Å²) in [5.41, 5.74) is 7.06. The van der Waals surface area contributed by atoms with Gasteiger partial charge in [-0.25, -0.2) is 0 Å². The third-order valence-electron chi connectivity index (χ3n) is 5.01. The first-order valence-electron chi connectivity index (χ1n) is 7.59. The molecule has 0 spiro atoms. The van der Waals surface area contributed by atoms with E-state index in [1.54, 1.807) is 18.2 Å². The molecule has 2 saturated heterocycles. The number of nitrogens with zero attached hydrogens (tertiary/aromatic N) is 1. The molecule has 2 atom stereocenters. The lowest BCUT2D eigenvalue weighted by atomic mass is 9.91. The molecule has 114 valence electrons. The fraction of sp³-hybridized carbons (Fsp3) is 0.562. The summed E-state index contributed by atoms with van der Waals surface area (Å²) in [7, 11) is 2.24. The topological polar surface area (TPSA) is 58.4 Å². The van der Waals surface area contributed by atoms with E-state index < -0.39 is 0 Å². The predicted molar refractivity (Wildman–Crippen MR) is 88.2 cm³/mol. The van der Waals surface area contributed by atoms with Crippen molar-refractivity contribution < 1.29 is 4.79 Å². The Kier molecular flexibility index (Phi) is 4.22. The highest BCUT2D eigenvalue weighted by atomic mass is 79.9. The van der Waals surface area contributed by atoms with Gasteiger partial charge >= 0.3 is 0 Å². The first-order chi connectivity index (χ1) is 10.0. The number of benzene rings is 1. The van der Waals surface area contributed by atoms with Crippen LogP contribution in [0.4, 0.5) is 5.69 Å². The zero-order valence-corrected chi connectivity index (χ0v) is 13.9. The zero-order chi connectivity index (χ0) is 15.0. The van der Waals surface area contributed by atoms with Crippen molar-refractivity contribution in [2.24, 2.45) is 5.92 Å². The van der Waals surface area contributed by atoms with Crippen LogP contribution in [0, 0.1) is 5.92 Å². The first kappa shape index (κ1) is 14.9. The van der Waals surface area contributed by atoms with Crippen LogP contribution in [0.5, 0.6) is 0 Å². The number of amides is 1. The lowest BCUT2D eigenvalue weighted by Crippen LogP contribution is -2.43. The highest BCUT2D eigenvalue weighted by molar-refractivity contribution is 9.10. The molecule has 2 fully saturated rings. The van der Waals surface area contributed by atoms with Gasteiger partial charge in [-0.15, -0.1) is 0 Å². The minimum absolute atomic E-state index is 0.0121. The molecule has 2 aliphatic rings. The number of carbonyl (C=O) groups is 1. The van der Waals surface area contributed by atoms with Crippen LogP contribution in [0.15, 0.2) is 22.7 Å². The van der Waals surface area contributed by atoms with E-state index >= 15 is 0 Å². The summed E-state index contributed by atoms with van der Waals surface area (Å²) < 4.78 is 0.771. The summed E-state index contributed by atoms with van der Waals surface area (Å²) in [4.78, 5) is 14.7. The number of piperidine rings is 1. The van der Waals surface area contributed by atoms with Crippen molar-refractivity contribution in [1.29, 1.82) is 0 Å². The van der Waals surface area contributed by atoms with Crippen LogP contribution in [-0.4, -0.2) is 36.5 Å². The van der Waals surface area contributed by atoms with Crippen LogP contribution in [0.3, 0.4) is 0 Å². The van der Waals surface area contributed by atoms with Gasteiger partial charge in [0.1, 0.15) is 0 Å². The van der Waals surface area contributed by atoms with Crippen LogP contribution in [-0.2, 0) is 0 Å². The molecule has 0 radical (unpaired) electrons. The molecule has 0 saturated carbocycles. The second kappa shape index (κ2) is 5.97. The smallest absolute Gasteiger partial charge is 0.251 e. The number of anilines is 1. The van der Waals surface area contributed by atoms with Crippen molar-refractivity contribution >= 4 is 27.5 Å². The highest BCUT2D eigenvalue weighted by Gasteiger charge is 2.38. The number of nitrogens with one attached hydrogen (secondary N) is 1. The molecule has 0 aliphatic carbocycles. The van der Waals surface area contributed by atoms with Gasteiger partial charge in [0.15, 0.2) is 0 Å². The standard InChI is InChI=1S/C16H22BrN3O/c1-20-12-3-4-13(20)7-10(6-12)9-19-16(21)11-2-5-15(18)14(17)8-11/h2,5,8,10,12-13H,3-4,6-7,9,18H2,1H3,(H,19,21). The normalized spacial score (nSPS) is 28.6. The quantitative estimate of drug-likeness (QED) is 0.823. The van der Waals surface area contributed by atoms with E-state index in [1.807, 2.05) is 0 Å². The summed E-state index contributed by atoms with van der Waals surface area (Å²) in [6.45, 7) is 0.779. The van der Waals surface area contributed by atoms with Gasteiger partial charge in [0.2, 0.25) is 0 Å². The number of hydrogen-bond donors (Lipinski definition) is 2. The lowest BCUT2D eigenvalue weighted by Gasteiger charge is -2.36. The summed E-state index contributed by atoms with van der Waals surface area (Å²) in [6.07, 6.45) is 5.05. The third-order valence-corrected chi connectivity index (χ3v) is 5.70. The molecule has 1 aromatic carbocycles. The molecule has 3 rings (SSSR count). The Morgan fingerprint density at radius 3 is 2.67 bits per heavy atom. The third kappa shape index (κ3) is 3.09. The minimum Gasteiger partial charge on any atom is -0.398 e. The van der Waals surface area contributed by atoms with Crippen LogP contribution < -0.4 is 11.1 Å². The maximum absolute atomic E-state index is 12.2. The first-order valence-corrected chi connectivity index (χ1v) is 8.39. The zero-order valence-electron chi connectivity index (χ0n) is 12.3. The Bertz CT molecular complexity index is 534. The van der Waals surface area contributed by atoms with Crippen LogP contribution in [0.1, 0.15) is 36.0 Å². The molecule has 1 aromatic rings. The minimum atomic E-state index is -0.0121. The van der Waals surface area contributed by atoms with E-state index in [-0.39, 0.29) is 5.91 Å². The molecule has 2 heterocycles. The van der Waals surface area contributed by atoms with E-state index in [0.29, 0.717) is 17.2 Å². The Labute approximate surface area is 134 Å². The number of rotatable bonds is 3. The van der Waals surface area contributed by atoms with Crippen molar-refractivity contribution in [2.45, 2.75) is 37.8 Å². The van der Waals surface area contributed by atoms with Crippen molar-refractivity contribution in [3.05, 3.63) is 28.2 Å². The number of hydrogen-bond acceptors (Lipinski definition) is 3. The van der Waals surface area contributed by atoms with Gasteiger partial charge < -0.3 is 16.0 Å². The van der Waals surface area contributed by atoms with Crippen LogP contribution in [0.2, 0.25) is 0 Å². The average molecular weight is 352 g/mol. The molecule has 4 nitrogen and oxygen atoms in total. The van der Waals surface area contributed by atoms with E-state index in [1.165, 1.54) is 25.7 Å². The lowest BCUT2D eigenvalue weighted by molar-refractivity contribution is 0.0917. The molecule has 5 heteroatoms. The second-order valence-corrected chi connectivity index (χ2v) is 7.19. The monoisotopic (exact) mass is 351 g/mol. The van der Waals surface area contributed by atoms with Gasteiger partial charge in [-0.05, 0) is 72.8 Å². The number of nitrogen functional groups attached to an aromatic ring is 1. The summed E-state index contributed by atoms with van der Waals surface area (Å²) >= 11 is 3.36. The van der Waals surface area contributed by atoms with Crippen molar-refractivity contribution in [3.63, 3.8) is 0 Å². The number of fused-ring (bicyclic) bond motifs is 2. The Balaban J connectivity index is 1.55. The molecule has 21 heavy (non-hydrogen) atoms. The van der Waals surface area contributed by atoms with E-state index in [0.717, 1.165) is 23.1 Å². The number of nitrogens with two attached hydrogens (primary N) is 1. The predicted octanol–water partition coefficient (Wildman–Crippen LogP) is 2.63. The summed E-state index contributed by atoms with van der Waals surface area (Å²) in [5, 5.41) is 3.08. The van der Waals surface area contributed by atoms with E-state index in [2.05, 4.69) is 33.2 Å². The van der Waals surface area contributed by atoms with Crippen molar-refractivity contribution in [3.8, 4) is 0 Å². The van der Waals surface area contributed by atoms with Gasteiger partial charge in [-0.2, -0.15) is 0 Å². The molecule has 2 aliphatic heterocycles. The molecular weight excluding hydrogens is 330 g/mol. The van der Waals surface area contributed by atoms with Gasteiger partial charge in [0.25, 0.3) is 5.91 Å². The maximum Gasteiger partial charge on any atom is 0.251 e. The van der Waals surface area contributed by atoms with Gasteiger partial charge in [-0.3, -0.25) is 4.79 Å². The van der Waals surface area contributed by atoms with E-state index in [4.69, 9.17) is 5.73 Å². The molecule has 2 unspecified atom stereocenters. The van der Waals surface area contributed by atoms with Gasteiger partial charge in [-0.1, -0.05) is 0 Å². The Hall–Kier alpha value is -1.07. The largest absolute Gasteiger partial charge is 0.398 e. The van der Waals surface area contributed by atoms with Gasteiger partial charge in [0.05, 0.1) is 0 Å². The van der Waals surface area contributed by atoms with Crippen LogP contribution in [0.25, 0.3) is 0 Å². The highest BCUT2D eigenvalue weighted by Crippen LogP contribution is 2.37. The number of carbonyl (C=O) groups excluding carboxylic acids is 1. The fourth-order valence-electron chi connectivity index (χ4n) is 3.70. The van der Waals surface area contributed by atoms with Crippen molar-refractivity contribution in [1.82, 2.24) is 10.2 Å². The fourth-order valence-corrected chi connectivity index (χ4v) is 4.08. The number of halogens is 1. The molecule has 2 bridgehead atoms. The van der Waals surface area contributed by atoms with Gasteiger partial charge in [0, 0.05) is 34.4 Å².